The zero-order chi connectivity index (χ0) is 17.0. The minimum atomic E-state index is -1.59. The Hall–Kier alpha value is -1.68. The molecule has 22 heavy (non-hydrogen) atoms. The van der Waals surface area contributed by atoms with E-state index in [2.05, 4.69) is 15.9 Å². The van der Waals surface area contributed by atoms with Crippen LogP contribution in [-0.4, -0.2) is 58.4 Å². The van der Waals surface area contributed by atoms with Crippen LogP contribution in [0.15, 0.2) is 0 Å². The zero-order valence-electron chi connectivity index (χ0n) is 12.0. The van der Waals surface area contributed by atoms with E-state index in [9.17, 15) is 24.3 Å². The van der Waals surface area contributed by atoms with Gasteiger partial charge in [-0.3, -0.25) is 14.4 Å². The van der Waals surface area contributed by atoms with Crippen LogP contribution in [0.3, 0.4) is 0 Å². The van der Waals surface area contributed by atoms with Gasteiger partial charge in [-0.05, 0) is 0 Å². The van der Waals surface area contributed by atoms with Crippen molar-refractivity contribution in [3.63, 3.8) is 0 Å². The lowest BCUT2D eigenvalue weighted by atomic mass is 9.99. The largest absolute Gasteiger partial charge is 0.479 e. The van der Waals surface area contributed by atoms with Gasteiger partial charge in [0.2, 0.25) is 0 Å². The monoisotopic (exact) mass is 382 g/mol. The summed E-state index contributed by atoms with van der Waals surface area (Å²) in [6.45, 7) is 3.27. The van der Waals surface area contributed by atoms with E-state index in [0.717, 1.165) is 20.8 Å². The van der Waals surface area contributed by atoms with Crippen LogP contribution in [0.2, 0.25) is 0 Å². The number of alkyl halides is 1. The van der Waals surface area contributed by atoms with E-state index in [1.165, 1.54) is 0 Å². The standard InChI is InChI=1S/C12H15BrO9/c1-4(14)19-7-8(20-5(2)15)10(12(17)18)22-11(13)9(7)21-6(3)16/h7-11H,1-3H3,(H,17,18)/t7-,8-,9+,10-,11-/m0/s1. The van der Waals surface area contributed by atoms with E-state index in [0.29, 0.717) is 0 Å². The number of rotatable bonds is 4. The first-order valence-electron chi connectivity index (χ1n) is 6.17. The minimum Gasteiger partial charge on any atom is -0.479 e. The molecule has 1 fully saturated rings. The normalized spacial score (nSPS) is 31.0. The number of hydrogen-bond acceptors (Lipinski definition) is 8. The summed E-state index contributed by atoms with van der Waals surface area (Å²) < 4.78 is 20.0. The van der Waals surface area contributed by atoms with Crippen LogP contribution in [0.5, 0.6) is 0 Å². The lowest BCUT2D eigenvalue weighted by molar-refractivity contribution is -0.233. The summed E-state index contributed by atoms with van der Waals surface area (Å²) in [6, 6.07) is 0. The fourth-order valence-corrected chi connectivity index (χ4v) is 2.60. The Kier molecular flexibility index (Phi) is 6.30. The fourth-order valence-electron chi connectivity index (χ4n) is 1.96. The molecular formula is C12H15BrO9. The molecule has 1 N–H and O–H groups in total. The molecule has 1 aliphatic heterocycles. The third-order valence-corrected chi connectivity index (χ3v) is 3.37. The van der Waals surface area contributed by atoms with Crippen molar-refractivity contribution in [1.29, 1.82) is 0 Å². The van der Waals surface area contributed by atoms with Crippen molar-refractivity contribution >= 4 is 39.8 Å². The van der Waals surface area contributed by atoms with Crippen LogP contribution in [0, 0.1) is 0 Å². The van der Waals surface area contributed by atoms with Gasteiger partial charge in [0.25, 0.3) is 0 Å². The Morgan fingerprint density at radius 2 is 1.27 bits per heavy atom. The topological polar surface area (TPSA) is 125 Å². The van der Waals surface area contributed by atoms with Crippen LogP contribution < -0.4 is 0 Å². The van der Waals surface area contributed by atoms with Crippen LogP contribution in [-0.2, 0) is 38.1 Å². The Labute approximate surface area is 134 Å². The summed E-state index contributed by atoms with van der Waals surface area (Å²) in [4.78, 5) is 44.9. The van der Waals surface area contributed by atoms with Crippen molar-refractivity contribution in [2.24, 2.45) is 0 Å². The van der Waals surface area contributed by atoms with Gasteiger partial charge in [0.1, 0.15) is 0 Å². The highest BCUT2D eigenvalue weighted by Gasteiger charge is 2.53. The van der Waals surface area contributed by atoms with E-state index in [1.807, 2.05) is 0 Å². The quantitative estimate of drug-likeness (QED) is 0.405. The SMILES string of the molecule is CC(=O)O[C@@H]1[C@@H](OC(C)=O)[C@@H](Br)O[C@H](C(=O)O)[C@H]1OC(C)=O. The molecule has 124 valence electrons. The molecule has 1 rings (SSSR count). The summed E-state index contributed by atoms with van der Waals surface area (Å²) >= 11 is 3.02. The second-order valence-electron chi connectivity index (χ2n) is 4.47. The van der Waals surface area contributed by atoms with Gasteiger partial charge in [-0.1, -0.05) is 15.9 Å². The second-order valence-corrected chi connectivity index (χ2v) is 5.37. The summed E-state index contributed by atoms with van der Waals surface area (Å²) in [7, 11) is 0. The highest BCUT2D eigenvalue weighted by atomic mass is 79.9. The number of carboxylic acid groups (broad SMARTS) is 1. The molecule has 0 spiro atoms. The molecule has 0 unspecified atom stereocenters. The van der Waals surface area contributed by atoms with Gasteiger partial charge in [-0.2, -0.15) is 0 Å². The fraction of sp³-hybridized carbons (Fsp3) is 0.667. The Bertz CT molecular complexity index is 477. The molecule has 0 aromatic heterocycles. The van der Waals surface area contributed by atoms with Crippen molar-refractivity contribution in [3.05, 3.63) is 0 Å². The molecule has 0 aromatic carbocycles. The molecule has 0 radical (unpaired) electrons. The highest BCUT2D eigenvalue weighted by molar-refractivity contribution is 9.09. The molecule has 0 amide bonds. The predicted octanol–water partition coefficient (Wildman–Crippen LogP) is -0.0141. The maximum Gasteiger partial charge on any atom is 0.336 e. The van der Waals surface area contributed by atoms with Crippen molar-refractivity contribution in [3.8, 4) is 0 Å². The lowest BCUT2D eigenvalue weighted by Gasteiger charge is -2.41. The Morgan fingerprint density at radius 3 is 1.68 bits per heavy atom. The lowest BCUT2D eigenvalue weighted by Crippen LogP contribution is -2.61. The van der Waals surface area contributed by atoms with Gasteiger partial charge in [0.15, 0.2) is 29.4 Å². The van der Waals surface area contributed by atoms with Gasteiger partial charge >= 0.3 is 23.9 Å². The molecule has 0 saturated carbocycles. The van der Waals surface area contributed by atoms with Gasteiger partial charge in [-0.15, -0.1) is 0 Å². The summed E-state index contributed by atoms with van der Waals surface area (Å²) in [5.41, 5.74) is 0. The van der Waals surface area contributed by atoms with Gasteiger partial charge in [0.05, 0.1) is 0 Å². The Balaban J connectivity index is 3.18. The van der Waals surface area contributed by atoms with Crippen molar-refractivity contribution in [2.75, 3.05) is 0 Å². The third kappa shape index (κ3) is 4.67. The number of carbonyl (C=O) groups excluding carboxylic acids is 3. The third-order valence-electron chi connectivity index (χ3n) is 2.63. The summed E-state index contributed by atoms with van der Waals surface area (Å²) in [5.74, 6) is -3.68. The average Bonchev–Trinajstić information content (AvgIpc) is 2.34. The molecule has 1 aliphatic rings. The van der Waals surface area contributed by atoms with E-state index in [1.54, 1.807) is 0 Å². The van der Waals surface area contributed by atoms with Gasteiger partial charge < -0.3 is 24.1 Å². The first-order valence-corrected chi connectivity index (χ1v) is 7.09. The van der Waals surface area contributed by atoms with Crippen molar-refractivity contribution in [1.82, 2.24) is 0 Å². The molecule has 10 heteroatoms. The van der Waals surface area contributed by atoms with Crippen LogP contribution in [0.25, 0.3) is 0 Å². The molecule has 1 heterocycles. The number of carboxylic acids is 1. The molecule has 0 bridgehead atoms. The number of halogens is 1. The van der Waals surface area contributed by atoms with Crippen molar-refractivity contribution in [2.45, 2.75) is 50.2 Å². The van der Waals surface area contributed by atoms with E-state index >= 15 is 0 Å². The molecule has 0 aromatic rings. The highest BCUT2D eigenvalue weighted by Crippen LogP contribution is 2.31. The molecular weight excluding hydrogens is 368 g/mol. The first-order chi connectivity index (χ1) is 10.1. The molecule has 0 aliphatic carbocycles. The van der Waals surface area contributed by atoms with Crippen LogP contribution in [0.4, 0.5) is 0 Å². The zero-order valence-corrected chi connectivity index (χ0v) is 13.6. The van der Waals surface area contributed by atoms with Gasteiger partial charge in [-0.25, -0.2) is 4.79 Å². The van der Waals surface area contributed by atoms with Crippen LogP contribution >= 0.6 is 15.9 Å². The van der Waals surface area contributed by atoms with Gasteiger partial charge in [0, 0.05) is 20.8 Å². The summed E-state index contributed by atoms with van der Waals surface area (Å²) in [5, 5.41) is 8.11. The molecule has 5 atom stereocenters. The predicted molar refractivity (Wildman–Crippen MR) is 71.9 cm³/mol. The molecule has 9 nitrogen and oxygen atoms in total. The maximum atomic E-state index is 11.3. The number of hydrogen-bond donors (Lipinski definition) is 1. The smallest absolute Gasteiger partial charge is 0.336 e. The number of esters is 3. The van der Waals surface area contributed by atoms with Crippen LogP contribution in [0.1, 0.15) is 20.8 Å². The molecule has 1 saturated heterocycles. The van der Waals surface area contributed by atoms with E-state index in [-0.39, 0.29) is 0 Å². The van der Waals surface area contributed by atoms with E-state index < -0.39 is 53.3 Å². The summed E-state index contributed by atoms with van der Waals surface area (Å²) in [6.07, 6.45) is -5.56. The number of ether oxygens (including phenoxy) is 4. The second kappa shape index (κ2) is 7.54. The first kappa shape index (κ1) is 18.4. The minimum absolute atomic E-state index is 0.703. The number of carbonyl (C=O) groups is 4. The maximum absolute atomic E-state index is 11.3. The Morgan fingerprint density at radius 1 is 0.864 bits per heavy atom. The van der Waals surface area contributed by atoms with E-state index in [4.69, 9.17) is 18.9 Å². The number of aliphatic carboxylic acids is 1. The average molecular weight is 383 g/mol. The van der Waals surface area contributed by atoms with Crippen molar-refractivity contribution < 1.29 is 43.2 Å².